The fourth-order valence-electron chi connectivity index (χ4n) is 1.86. The van der Waals surface area contributed by atoms with E-state index >= 15 is 0 Å². The molecule has 0 saturated carbocycles. The molecule has 0 aliphatic heterocycles. The third-order valence-electron chi connectivity index (χ3n) is 3.02. The van der Waals surface area contributed by atoms with Crippen molar-refractivity contribution in [1.29, 1.82) is 0 Å². The number of nitrogens with one attached hydrogen (secondary N) is 2. The van der Waals surface area contributed by atoms with Gasteiger partial charge in [-0.3, -0.25) is 9.59 Å². The van der Waals surface area contributed by atoms with Gasteiger partial charge in [-0.05, 0) is 26.7 Å². The number of rotatable bonds is 6. The quantitative estimate of drug-likeness (QED) is 0.686. The van der Waals surface area contributed by atoms with Gasteiger partial charge in [0, 0.05) is 17.7 Å². The van der Waals surface area contributed by atoms with Gasteiger partial charge in [-0.25, -0.2) is 4.98 Å². The zero-order chi connectivity index (χ0) is 14.4. The molecule has 0 aromatic carbocycles. The van der Waals surface area contributed by atoms with E-state index in [0.717, 1.165) is 0 Å². The van der Waals surface area contributed by atoms with E-state index in [9.17, 15) is 9.59 Å². The Morgan fingerprint density at radius 1 is 1.47 bits per heavy atom. The molecule has 19 heavy (non-hydrogen) atoms. The molecule has 6 heteroatoms. The van der Waals surface area contributed by atoms with Crippen LogP contribution in [0.25, 0.3) is 0 Å². The molecule has 0 aliphatic carbocycles. The second-order valence-electron chi connectivity index (χ2n) is 4.57. The lowest BCUT2D eigenvalue weighted by Gasteiger charge is -2.13. The lowest BCUT2D eigenvalue weighted by atomic mass is 10.1. The highest BCUT2D eigenvalue weighted by Crippen LogP contribution is 2.03. The summed E-state index contributed by atoms with van der Waals surface area (Å²) in [6.07, 6.45) is 1.24. The number of aliphatic hydroxyl groups is 1. The molecule has 1 atom stereocenters. The lowest BCUT2D eigenvalue weighted by Crippen LogP contribution is -2.37. The number of H-pyrrole nitrogens is 1. The first-order chi connectivity index (χ1) is 8.97. The van der Waals surface area contributed by atoms with Crippen LogP contribution in [0.2, 0.25) is 0 Å². The Labute approximate surface area is 112 Å². The topological polar surface area (TPSA) is 95.1 Å². The Kier molecular flexibility index (Phi) is 5.69. The van der Waals surface area contributed by atoms with Gasteiger partial charge >= 0.3 is 0 Å². The number of aliphatic hydroxyl groups excluding tert-OH is 1. The first-order valence-electron chi connectivity index (χ1n) is 6.44. The first kappa shape index (κ1) is 15.4. The number of aromatic nitrogens is 2. The summed E-state index contributed by atoms with van der Waals surface area (Å²) in [5, 5.41) is 11.7. The molecule has 1 amide bonds. The van der Waals surface area contributed by atoms with Crippen LogP contribution < -0.4 is 10.9 Å². The Hall–Kier alpha value is -1.69. The van der Waals surface area contributed by atoms with Gasteiger partial charge in [0.1, 0.15) is 5.82 Å². The van der Waals surface area contributed by atoms with E-state index < -0.39 is 0 Å². The molecule has 0 fully saturated rings. The van der Waals surface area contributed by atoms with Crippen molar-refractivity contribution in [1.82, 2.24) is 15.3 Å². The minimum absolute atomic E-state index is 0.0755. The summed E-state index contributed by atoms with van der Waals surface area (Å²) in [5.74, 6) is 0.405. The number of hydrogen-bond acceptors (Lipinski definition) is 4. The van der Waals surface area contributed by atoms with E-state index in [2.05, 4.69) is 15.3 Å². The van der Waals surface area contributed by atoms with Gasteiger partial charge in [0.05, 0.1) is 12.6 Å². The van der Waals surface area contributed by atoms with E-state index in [4.69, 9.17) is 5.11 Å². The van der Waals surface area contributed by atoms with Crippen molar-refractivity contribution in [3.8, 4) is 0 Å². The lowest BCUT2D eigenvalue weighted by molar-refractivity contribution is -0.122. The zero-order valence-corrected chi connectivity index (χ0v) is 11.6. The van der Waals surface area contributed by atoms with Crippen molar-refractivity contribution in [2.45, 2.75) is 46.1 Å². The highest BCUT2D eigenvalue weighted by Gasteiger charge is 2.12. The predicted molar refractivity (Wildman–Crippen MR) is 72.0 cm³/mol. The number of aryl methyl sites for hydroxylation is 2. The largest absolute Gasteiger partial charge is 0.394 e. The van der Waals surface area contributed by atoms with E-state index in [0.29, 0.717) is 29.9 Å². The summed E-state index contributed by atoms with van der Waals surface area (Å²) in [7, 11) is 0. The SMILES string of the molecule is CC[C@H](CO)NC(=O)CCc1c(C)nc(C)[nH]c1=O. The molecular formula is C13H21N3O3. The second kappa shape index (κ2) is 7.04. The molecule has 6 nitrogen and oxygen atoms in total. The number of hydrogen-bond donors (Lipinski definition) is 3. The number of nitrogens with zero attached hydrogens (tertiary/aromatic N) is 1. The van der Waals surface area contributed by atoms with E-state index in [1.165, 1.54) is 0 Å². The van der Waals surface area contributed by atoms with Crippen LogP contribution >= 0.6 is 0 Å². The van der Waals surface area contributed by atoms with Crippen LogP contribution in [0.1, 0.15) is 36.8 Å². The number of aromatic amines is 1. The third kappa shape index (κ3) is 4.48. The normalized spacial score (nSPS) is 12.2. The fourth-order valence-corrected chi connectivity index (χ4v) is 1.86. The van der Waals surface area contributed by atoms with Crippen molar-refractivity contribution >= 4 is 5.91 Å². The summed E-state index contributed by atoms with van der Waals surface area (Å²) in [4.78, 5) is 30.2. The van der Waals surface area contributed by atoms with Gasteiger partial charge in [0.25, 0.3) is 5.56 Å². The minimum atomic E-state index is -0.219. The van der Waals surface area contributed by atoms with Crippen molar-refractivity contribution in [2.24, 2.45) is 0 Å². The molecule has 0 radical (unpaired) electrons. The Balaban J connectivity index is 2.63. The van der Waals surface area contributed by atoms with Gasteiger partial charge in [-0.1, -0.05) is 6.92 Å². The maximum absolute atomic E-state index is 11.7. The molecule has 0 saturated heterocycles. The maximum Gasteiger partial charge on any atom is 0.254 e. The highest BCUT2D eigenvalue weighted by atomic mass is 16.3. The van der Waals surface area contributed by atoms with Gasteiger partial charge in [0.15, 0.2) is 0 Å². The Morgan fingerprint density at radius 2 is 2.16 bits per heavy atom. The fraction of sp³-hybridized carbons (Fsp3) is 0.615. The average molecular weight is 267 g/mol. The maximum atomic E-state index is 11.7. The molecular weight excluding hydrogens is 246 g/mol. The van der Waals surface area contributed by atoms with Crippen LogP contribution in [0.5, 0.6) is 0 Å². The van der Waals surface area contributed by atoms with Crippen molar-refractivity contribution in [3.63, 3.8) is 0 Å². The molecule has 3 N–H and O–H groups in total. The molecule has 106 valence electrons. The average Bonchev–Trinajstić information content (AvgIpc) is 2.34. The van der Waals surface area contributed by atoms with Gasteiger partial charge < -0.3 is 15.4 Å². The molecule has 0 spiro atoms. The van der Waals surface area contributed by atoms with Crippen molar-refractivity contribution in [2.75, 3.05) is 6.61 Å². The molecule has 1 rings (SSSR count). The van der Waals surface area contributed by atoms with E-state index in [-0.39, 0.29) is 30.5 Å². The summed E-state index contributed by atoms with van der Waals surface area (Å²) in [5.41, 5.74) is 1.01. The Morgan fingerprint density at radius 3 is 2.68 bits per heavy atom. The smallest absolute Gasteiger partial charge is 0.254 e. The molecule has 1 aromatic rings. The van der Waals surface area contributed by atoms with Crippen LogP contribution in [-0.2, 0) is 11.2 Å². The minimum Gasteiger partial charge on any atom is -0.394 e. The molecule has 0 unspecified atom stereocenters. The summed E-state index contributed by atoms with van der Waals surface area (Å²) in [6.45, 7) is 5.30. The summed E-state index contributed by atoms with van der Waals surface area (Å²) in [6, 6.07) is -0.219. The monoisotopic (exact) mass is 267 g/mol. The number of carbonyl (C=O) groups is 1. The highest BCUT2D eigenvalue weighted by molar-refractivity contribution is 5.76. The molecule has 0 aliphatic rings. The number of carbonyl (C=O) groups excluding carboxylic acids is 1. The summed E-state index contributed by atoms with van der Waals surface area (Å²) < 4.78 is 0. The first-order valence-corrected chi connectivity index (χ1v) is 6.44. The van der Waals surface area contributed by atoms with E-state index in [1.807, 2.05) is 6.92 Å². The van der Waals surface area contributed by atoms with Crippen LogP contribution in [0.3, 0.4) is 0 Å². The van der Waals surface area contributed by atoms with Gasteiger partial charge in [-0.2, -0.15) is 0 Å². The van der Waals surface area contributed by atoms with Crippen molar-refractivity contribution in [3.05, 3.63) is 27.4 Å². The van der Waals surface area contributed by atoms with Gasteiger partial charge in [0.2, 0.25) is 5.91 Å². The Bertz CT molecular complexity index is 492. The van der Waals surface area contributed by atoms with E-state index in [1.54, 1.807) is 13.8 Å². The second-order valence-corrected chi connectivity index (χ2v) is 4.57. The molecule has 1 heterocycles. The van der Waals surface area contributed by atoms with Crippen LogP contribution in [0, 0.1) is 13.8 Å². The molecule has 1 aromatic heterocycles. The predicted octanol–water partition coefficient (Wildman–Crippen LogP) is 0.206. The molecule has 0 bridgehead atoms. The summed E-state index contributed by atoms with van der Waals surface area (Å²) >= 11 is 0. The van der Waals surface area contributed by atoms with Crippen LogP contribution in [0.15, 0.2) is 4.79 Å². The van der Waals surface area contributed by atoms with Crippen LogP contribution in [0.4, 0.5) is 0 Å². The van der Waals surface area contributed by atoms with Gasteiger partial charge in [-0.15, -0.1) is 0 Å². The van der Waals surface area contributed by atoms with Crippen molar-refractivity contribution < 1.29 is 9.90 Å². The van der Waals surface area contributed by atoms with Crippen LogP contribution in [-0.4, -0.2) is 33.6 Å². The number of amides is 1. The third-order valence-corrected chi connectivity index (χ3v) is 3.02. The standard InChI is InChI=1S/C13H21N3O3/c1-4-10(7-17)16-12(18)6-5-11-8(2)14-9(3)15-13(11)19/h10,17H,4-7H2,1-3H3,(H,16,18)(H,14,15,19)/t10-/m1/s1. The zero-order valence-electron chi connectivity index (χ0n) is 11.6.